The predicted octanol–water partition coefficient (Wildman–Crippen LogP) is 3.41. The van der Waals surface area contributed by atoms with Gasteiger partial charge in [-0.25, -0.2) is 8.42 Å². The monoisotopic (exact) mass is 529 g/mol. The second-order valence-electron chi connectivity index (χ2n) is 8.15. The van der Waals surface area contributed by atoms with Crippen molar-refractivity contribution >= 4 is 33.2 Å². The van der Waals surface area contributed by atoms with E-state index in [1.165, 1.54) is 23.1 Å². The van der Waals surface area contributed by atoms with E-state index in [1.54, 1.807) is 26.2 Å². The Kier molecular flexibility index (Phi) is 6.02. The second-order valence-corrected chi connectivity index (χ2v) is 11.1. The molecule has 0 aliphatic heterocycles. The average Bonchev–Trinajstić information content (AvgIpc) is 3.13. The number of carboxylic acid groups (broad SMARTS) is 1. The third-order valence-corrected chi connectivity index (χ3v) is 8.62. The van der Waals surface area contributed by atoms with Gasteiger partial charge in [0, 0.05) is 31.6 Å². The summed E-state index contributed by atoms with van der Waals surface area (Å²) in [6.45, 7) is 0. The van der Waals surface area contributed by atoms with Crippen molar-refractivity contribution in [1.82, 2.24) is 14.8 Å². The molecule has 1 amide bonds. The van der Waals surface area contributed by atoms with Gasteiger partial charge in [0.15, 0.2) is 0 Å². The maximum atomic E-state index is 13.0. The van der Waals surface area contributed by atoms with Crippen molar-refractivity contribution in [2.45, 2.75) is 28.3 Å². The lowest BCUT2D eigenvalue weighted by atomic mass is 10.0. The van der Waals surface area contributed by atoms with Crippen molar-refractivity contribution in [3.8, 4) is 10.6 Å². The number of sulfonamides is 1. The van der Waals surface area contributed by atoms with Crippen LogP contribution in [0.2, 0.25) is 0 Å². The molecule has 0 saturated heterocycles. The number of halogens is 3. The lowest BCUT2D eigenvalue weighted by molar-refractivity contribution is -0.155. The summed E-state index contributed by atoms with van der Waals surface area (Å²) in [6.07, 6.45) is -4.76. The highest BCUT2D eigenvalue weighted by molar-refractivity contribution is 7.91. The zero-order chi connectivity index (χ0) is 25.8. The molecule has 14 heteroatoms. The number of carbonyl (C=O) groups excluding carboxylic acids is 1. The minimum Gasteiger partial charge on any atom is -0.480 e. The molecule has 2 atom stereocenters. The van der Waals surface area contributed by atoms with Crippen LogP contribution >= 0.6 is 11.3 Å². The van der Waals surface area contributed by atoms with Crippen LogP contribution in [-0.4, -0.2) is 55.1 Å². The summed E-state index contributed by atoms with van der Waals surface area (Å²) in [7, 11) is -1.15. The third kappa shape index (κ3) is 4.68. The number of aliphatic carboxylic acids is 1. The molecule has 0 radical (unpaired) electrons. The smallest absolute Gasteiger partial charge is 0.452 e. The van der Waals surface area contributed by atoms with E-state index in [0.717, 1.165) is 6.07 Å². The van der Waals surface area contributed by atoms with Crippen molar-refractivity contribution in [3.05, 3.63) is 59.4 Å². The Morgan fingerprint density at radius 1 is 1.20 bits per heavy atom. The molecule has 1 fully saturated rings. The number of carbonyl (C=O) groups is 2. The van der Waals surface area contributed by atoms with Crippen molar-refractivity contribution in [2.75, 3.05) is 14.1 Å². The van der Waals surface area contributed by atoms with Crippen LogP contribution in [-0.2, 0) is 21.0 Å². The van der Waals surface area contributed by atoms with Gasteiger partial charge in [-0.1, -0.05) is 17.3 Å². The predicted molar refractivity (Wildman–Crippen MR) is 117 cm³/mol. The standard InChI is InChI=1S/C21H18F3N3O6S2/c1-27(2)18(28)12-5-3-11(4-6-12)13-10-20(13,19(29)30)26-35(31,32)17-8-7-15(34-17)14-9-16(33-25-14)21(22,23)24/h3-9,13,26H,10H2,1-2H3,(H,29,30)/t13-,20+/m0/s1. The fraction of sp³-hybridized carbons (Fsp3) is 0.286. The maximum Gasteiger partial charge on any atom is 0.452 e. The Balaban J connectivity index is 1.55. The fourth-order valence-corrected chi connectivity index (χ4v) is 6.25. The maximum absolute atomic E-state index is 13.0. The Morgan fingerprint density at radius 2 is 1.86 bits per heavy atom. The first-order valence-corrected chi connectivity index (χ1v) is 12.3. The fourth-order valence-electron chi connectivity index (χ4n) is 3.59. The highest BCUT2D eigenvalue weighted by Crippen LogP contribution is 2.52. The number of hydrogen-bond donors (Lipinski definition) is 2. The summed E-state index contributed by atoms with van der Waals surface area (Å²) in [5.41, 5.74) is -1.06. The summed E-state index contributed by atoms with van der Waals surface area (Å²) in [5, 5.41) is 13.1. The molecule has 186 valence electrons. The van der Waals surface area contributed by atoms with E-state index in [0.29, 0.717) is 28.5 Å². The van der Waals surface area contributed by atoms with Crippen LogP contribution < -0.4 is 4.72 Å². The van der Waals surface area contributed by atoms with Crippen LogP contribution in [0.1, 0.15) is 34.0 Å². The van der Waals surface area contributed by atoms with Gasteiger partial charge in [-0.05, 0) is 36.2 Å². The van der Waals surface area contributed by atoms with Crippen LogP contribution in [0, 0.1) is 0 Å². The van der Waals surface area contributed by atoms with Gasteiger partial charge in [-0.15, -0.1) is 11.3 Å². The molecule has 2 N–H and O–H groups in total. The van der Waals surface area contributed by atoms with E-state index in [9.17, 15) is 36.3 Å². The van der Waals surface area contributed by atoms with Crippen LogP contribution in [0.3, 0.4) is 0 Å². The first-order valence-electron chi connectivity index (χ1n) is 9.98. The minimum absolute atomic E-state index is 0.0149. The van der Waals surface area contributed by atoms with E-state index >= 15 is 0 Å². The number of benzene rings is 1. The quantitative estimate of drug-likeness (QED) is 0.480. The first-order chi connectivity index (χ1) is 16.2. The molecule has 2 aromatic heterocycles. The molecule has 1 aromatic carbocycles. The van der Waals surface area contributed by atoms with Gasteiger partial charge in [-0.3, -0.25) is 9.59 Å². The molecule has 0 spiro atoms. The Morgan fingerprint density at radius 3 is 2.40 bits per heavy atom. The van der Waals surface area contributed by atoms with E-state index < -0.39 is 39.4 Å². The first kappa shape index (κ1) is 24.9. The molecule has 9 nitrogen and oxygen atoms in total. The van der Waals surface area contributed by atoms with Gasteiger partial charge in [-0.2, -0.15) is 17.9 Å². The summed E-state index contributed by atoms with van der Waals surface area (Å²) in [6, 6.07) is 9.29. The number of nitrogens with one attached hydrogen (secondary N) is 1. The highest BCUT2D eigenvalue weighted by atomic mass is 32.2. The molecular formula is C21H18F3N3O6S2. The molecule has 1 aliphatic carbocycles. The number of alkyl halides is 3. The normalized spacial score (nSPS) is 20.0. The molecule has 4 rings (SSSR count). The van der Waals surface area contributed by atoms with Gasteiger partial charge in [0.25, 0.3) is 15.9 Å². The van der Waals surface area contributed by atoms with Crippen molar-refractivity contribution in [3.63, 3.8) is 0 Å². The largest absolute Gasteiger partial charge is 0.480 e. The summed E-state index contributed by atoms with van der Waals surface area (Å²) in [5.74, 6) is -3.61. The Labute approximate surface area is 201 Å². The van der Waals surface area contributed by atoms with Crippen LogP contribution in [0.15, 0.2) is 51.2 Å². The number of nitrogens with zero attached hydrogens (tertiary/aromatic N) is 2. The molecule has 3 aromatic rings. The lowest BCUT2D eigenvalue weighted by Gasteiger charge is -2.15. The Hall–Kier alpha value is -3.23. The third-order valence-electron chi connectivity index (χ3n) is 5.51. The summed E-state index contributed by atoms with van der Waals surface area (Å²) in [4.78, 5) is 25.6. The SMILES string of the molecule is CN(C)C(=O)c1ccc([C@@H]2C[C@]2(NS(=O)(=O)c2ccc(-c3cc(C(F)(F)F)on3)s2)C(=O)O)cc1. The molecule has 0 bridgehead atoms. The van der Waals surface area contributed by atoms with Gasteiger partial charge < -0.3 is 14.5 Å². The van der Waals surface area contributed by atoms with E-state index in [4.69, 9.17) is 0 Å². The van der Waals surface area contributed by atoms with E-state index in [2.05, 4.69) is 14.4 Å². The van der Waals surface area contributed by atoms with Crippen molar-refractivity contribution < 1.29 is 40.8 Å². The zero-order valence-corrected chi connectivity index (χ0v) is 19.8. The van der Waals surface area contributed by atoms with Gasteiger partial charge in [0.05, 0.1) is 4.88 Å². The van der Waals surface area contributed by atoms with Crippen LogP contribution in [0.4, 0.5) is 13.2 Å². The topological polar surface area (TPSA) is 130 Å². The second kappa shape index (κ2) is 8.46. The zero-order valence-electron chi connectivity index (χ0n) is 18.2. The average molecular weight is 530 g/mol. The summed E-state index contributed by atoms with van der Waals surface area (Å²) >= 11 is 0.627. The van der Waals surface area contributed by atoms with E-state index in [1.807, 2.05) is 0 Å². The van der Waals surface area contributed by atoms with Crippen molar-refractivity contribution in [2.24, 2.45) is 0 Å². The molecule has 1 saturated carbocycles. The highest BCUT2D eigenvalue weighted by Gasteiger charge is 2.63. The van der Waals surface area contributed by atoms with Gasteiger partial charge in [0.2, 0.25) is 5.76 Å². The van der Waals surface area contributed by atoms with Gasteiger partial charge >= 0.3 is 12.1 Å². The lowest BCUT2D eigenvalue weighted by Crippen LogP contribution is -2.44. The summed E-state index contributed by atoms with van der Waals surface area (Å²) < 4.78 is 70.4. The minimum atomic E-state index is -4.74. The van der Waals surface area contributed by atoms with E-state index in [-0.39, 0.29) is 27.1 Å². The molecule has 1 aliphatic rings. The van der Waals surface area contributed by atoms with Gasteiger partial charge in [0.1, 0.15) is 15.4 Å². The number of thiophene rings is 1. The molecular weight excluding hydrogens is 511 g/mol. The van der Waals surface area contributed by atoms with Crippen molar-refractivity contribution in [1.29, 1.82) is 0 Å². The van der Waals surface area contributed by atoms with Crippen LogP contribution in [0.25, 0.3) is 10.6 Å². The number of rotatable bonds is 7. The molecule has 2 heterocycles. The number of carboxylic acids is 1. The van der Waals surface area contributed by atoms with Crippen LogP contribution in [0.5, 0.6) is 0 Å². The Bertz CT molecular complexity index is 1400. The number of amides is 1. The number of hydrogen-bond acceptors (Lipinski definition) is 7. The molecule has 35 heavy (non-hydrogen) atoms. The molecule has 0 unspecified atom stereocenters. The number of aromatic nitrogens is 1.